The van der Waals surface area contributed by atoms with Gasteiger partial charge in [-0.25, -0.2) is 4.79 Å². The van der Waals surface area contributed by atoms with Crippen LogP contribution in [0.2, 0.25) is 0 Å². The summed E-state index contributed by atoms with van der Waals surface area (Å²) in [5.74, 6) is -1.42. The third-order valence-corrected chi connectivity index (χ3v) is 4.37. The summed E-state index contributed by atoms with van der Waals surface area (Å²) < 4.78 is 0.282. The summed E-state index contributed by atoms with van der Waals surface area (Å²) in [7, 11) is 0. The molecule has 0 aliphatic carbocycles. The lowest BCUT2D eigenvalue weighted by Gasteiger charge is -2.18. The van der Waals surface area contributed by atoms with Gasteiger partial charge < -0.3 is 5.11 Å². The molecule has 6 heteroatoms. The van der Waals surface area contributed by atoms with Crippen molar-refractivity contribution in [1.82, 2.24) is 4.90 Å². The van der Waals surface area contributed by atoms with Crippen LogP contribution in [0, 0.1) is 6.92 Å². The van der Waals surface area contributed by atoms with E-state index in [1.807, 2.05) is 31.2 Å². The fourth-order valence-corrected chi connectivity index (χ4v) is 3.22. The van der Waals surface area contributed by atoms with E-state index >= 15 is 0 Å². The first-order chi connectivity index (χ1) is 9.41. The molecule has 4 nitrogen and oxygen atoms in total. The van der Waals surface area contributed by atoms with Crippen LogP contribution in [-0.4, -0.2) is 32.2 Å². The van der Waals surface area contributed by atoms with Gasteiger partial charge in [-0.1, -0.05) is 48.2 Å². The molecule has 0 saturated carbocycles. The first-order valence-corrected chi connectivity index (χ1v) is 7.20. The molecule has 1 fully saturated rings. The second-order valence-electron chi connectivity index (χ2n) is 4.42. The summed E-state index contributed by atoms with van der Waals surface area (Å²) in [4.78, 5) is 24.9. The monoisotopic (exact) mass is 307 g/mol. The van der Waals surface area contributed by atoms with Crippen molar-refractivity contribution in [2.24, 2.45) is 0 Å². The van der Waals surface area contributed by atoms with Gasteiger partial charge in [0.25, 0.3) is 5.91 Å². The highest BCUT2D eigenvalue weighted by molar-refractivity contribution is 8.26. The van der Waals surface area contributed by atoms with Gasteiger partial charge in [-0.05, 0) is 31.1 Å². The zero-order valence-corrected chi connectivity index (χ0v) is 12.6. The van der Waals surface area contributed by atoms with Crippen LogP contribution in [0.25, 0.3) is 6.08 Å². The second kappa shape index (κ2) is 5.76. The Labute approximate surface area is 126 Å². The van der Waals surface area contributed by atoms with Gasteiger partial charge in [0.1, 0.15) is 10.4 Å². The Morgan fingerprint density at radius 2 is 2.10 bits per heavy atom. The second-order valence-corrected chi connectivity index (χ2v) is 6.10. The lowest BCUT2D eigenvalue weighted by molar-refractivity contribution is -0.144. The maximum absolute atomic E-state index is 12.3. The number of carboxylic acids is 1. The molecule has 104 valence electrons. The third-order valence-electron chi connectivity index (χ3n) is 3.04. The summed E-state index contributed by atoms with van der Waals surface area (Å²) in [6.45, 7) is 3.40. The lowest BCUT2D eigenvalue weighted by Crippen LogP contribution is -2.41. The average molecular weight is 307 g/mol. The first-order valence-electron chi connectivity index (χ1n) is 5.97. The summed E-state index contributed by atoms with van der Waals surface area (Å²) >= 11 is 6.24. The number of carboxylic acid groups (broad SMARTS) is 1. The highest BCUT2D eigenvalue weighted by atomic mass is 32.2. The molecule has 1 aromatic carbocycles. The Kier molecular flexibility index (Phi) is 4.25. The van der Waals surface area contributed by atoms with Crippen LogP contribution < -0.4 is 0 Å². The summed E-state index contributed by atoms with van der Waals surface area (Å²) in [5.41, 5.74) is 1.97. The molecule has 2 rings (SSSR count). The van der Waals surface area contributed by atoms with E-state index in [9.17, 15) is 9.59 Å². The van der Waals surface area contributed by atoms with Crippen molar-refractivity contribution in [1.29, 1.82) is 0 Å². The number of rotatable bonds is 3. The van der Waals surface area contributed by atoms with Crippen LogP contribution >= 0.6 is 24.0 Å². The van der Waals surface area contributed by atoms with E-state index in [0.717, 1.165) is 27.8 Å². The number of nitrogens with zero attached hydrogens (tertiary/aromatic N) is 1. The number of benzene rings is 1. The molecule has 1 unspecified atom stereocenters. The van der Waals surface area contributed by atoms with E-state index in [-0.39, 0.29) is 10.2 Å². The van der Waals surface area contributed by atoms with Gasteiger partial charge in [0, 0.05) is 0 Å². The minimum atomic E-state index is -1.07. The summed E-state index contributed by atoms with van der Waals surface area (Å²) in [6, 6.07) is 6.71. The minimum absolute atomic E-state index is 0.282. The largest absolute Gasteiger partial charge is 0.480 e. The summed E-state index contributed by atoms with van der Waals surface area (Å²) in [6.07, 6.45) is 1.75. The fourth-order valence-electron chi connectivity index (χ4n) is 1.81. The maximum atomic E-state index is 12.3. The number of aliphatic carboxylic acids is 1. The number of thiocarbonyl (C=S) groups is 1. The molecule has 0 radical (unpaired) electrons. The quantitative estimate of drug-likeness (QED) is 0.687. The predicted octanol–water partition coefficient (Wildman–Crippen LogP) is 2.67. The molecule has 0 spiro atoms. The smallest absolute Gasteiger partial charge is 0.326 e. The molecule has 1 aliphatic heterocycles. The molecule has 0 bridgehead atoms. The average Bonchev–Trinajstić information content (AvgIpc) is 2.66. The maximum Gasteiger partial charge on any atom is 0.326 e. The van der Waals surface area contributed by atoms with Crippen molar-refractivity contribution in [3.05, 3.63) is 40.3 Å². The Morgan fingerprint density at radius 3 is 2.70 bits per heavy atom. The zero-order chi connectivity index (χ0) is 14.9. The number of amides is 1. The fraction of sp³-hybridized carbons (Fsp3) is 0.214. The number of thioether (sulfide) groups is 1. The molecule has 1 N–H and O–H groups in total. The Bertz CT molecular complexity index is 625. The van der Waals surface area contributed by atoms with Crippen molar-refractivity contribution >= 4 is 46.3 Å². The normalized spacial score (nSPS) is 18.7. The van der Waals surface area contributed by atoms with Gasteiger partial charge >= 0.3 is 5.97 Å². The number of hydrogen-bond donors (Lipinski definition) is 1. The Hall–Kier alpha value is -1.66. The van der Waals surface area contributed by atoms with Gasteiger partial charge in [-0.2, -0.15) is 0 Å². The highest BCUT2D eigenvalue weighted by Gasteiger charge is 2.38. The highest BCUT2D eigenvalue weighted by Crippen LogP contribution is 2.34. The molecular formula is C14H13NO3S2. The summed E-state index contributed by atoms with van der Waals surface area (Å²) in [5, 5.41) is 9.02. The van der Waals surface area contributed by atoms with E-state index in [1.165, 1.54) is 6.92 Å². The lowest BCUT2D eigenvalue weighted by atomic mass is 10.1. The molecule has 1 aromatic rings. The standard InChI is InChI=1S/C14H13NO3S2/c1-8-5-3-4-6-10(8)7-11-12(16)15(14(19)20-11)9(2)13(17)18/h3-7,9H,1-2H3,(H,17,18)/b11-7-. The van der Waals surface area contributed by atoms with Gasteiger partial charge in [0.15, 0.2) is 0 Å². The predicted molar refractivity (Wildman–Crippen MR) is 83.3 cm³/mol. The van der Waals surface area contributed by atoms with Crippen LogP contribution in [0.4, 0.5) is 0 Å². The van der Waals surface area contributed by atoms with Gasteiger partial charge in [0.2, 0.25) is 0 Å². The van der Waals surface area contributed by atoms with E-state index in [1.54, 1.807) is 6.08 Å². The molecule has 20 heavy (non-hydrogen) atoms. The SMILES string of the molecule is Cc1ccccc1/C=C1\SC(=S)N(C(C)C(=O)O)C1=O. The van der Waals surface area contributed by atoms with E-state index in [2.05, 4.69) is 0 Å². The first kappa shape index (κ1) is 14.7. The van der Waals surface area contributed by atoms with Crippen LogP contribution in [0.15, 0.2) is 29.2 Å². The third kappa shape index (κ3) is 2.76. The topological polar surface area (TPSA) is 57.6 Å². The van der Waals surface area contributed by atoms with Crippen molar-refractivity contribution in [2.75, 3.05) is 0 Å². The molecule has 0 aromatic heterocycles. The molecular weight excluding hydrogens is 294 g/mol. The molecule has 1 atom stereocenters. The van der Waals surface area contributed by atoms with Gasteiger partial charge in [-0.15, -0.1) is 0 Å². The van der Waals surface area contributed by atoms with Crippen LogP contribution in [0.3, 0.4) is 0 Å². The Balaban J connectivity index is 2.33. The Morgan fingerprint density at radius 1 is 1.45 bits per heavy atom. The van der Waals surface area contributed by atoms with Gasteiger partial charge in [-0.3, -0.25) is 9.69 Å². The van der Waals surface area contributed by atoms with Crippen molar-refractivity contribution in [2.45, 2.75) is 19.9 Å². The van der Waals surface area contributed by atoms with E-state index < -0.39 is 12.0 Å². The zero-order valence-electron chi connectivity index (χ0n) is 11.0. The van der Waals surface area contributed by atoms with Crippen LogP contribution in [-0.2, 0) is 9.59 Å². The molecule has 1 saturated heterocycles. The minimum Gasteiger partial charge on any atom is -0.480 e. The van der Waals surface area contributed by atoms with Crippen LogP contribution in [0.5, 0.6) is 0 Å². The molecule has 1 aliphatic rings. The number of carbonyl (C=O) groups excluding carboxylic acids is 1. The number of carbonyl (C=O) groups is 2. The van der Waals surface area contributed by atoms with E-state index in [4.69, 9.17) is 17.3 Å². The van der Waals surface area contributed by atoms with Crippen LogP contribution in [0.1, 0.15) is 18.1 Å². The van der Waals surface area contributed by atoms with Crippen molar-refractivity contribution < 1.29 is 14.7 Å². The van der Waals surface area contributed by atoms with E-state index in [0.29, 0.717) is 4.91 Å². The molecule has 1 amide bonds. The van der Waals surface area contributed by atoms with Crippen molar-refractivity contribution in [3.8, 4) is 0 Å². The number of aryl methyl sites for hydroxylation is 1. The number of hydrogen-bond acceptors (Lipinski definition) is 4. The van der Waals surface area contributed by atoms with Crippen molar-refractivity contribution in [3.63, 3.8) is 0 Å². The van der Waals surface area contributed by atoms with Gasteiger partial charge in [0.05, 0.1) is 4.91 Å². The molecule has 1 heterocycles.